The molecule has 0 bridgehead atoms. The van der Waals surface area contributed by atoms with E-state index in [9.17, 15) is 9.59 Å². The van der Waals surface area contributed by atoms with Gasteiger partial charge >= 0.3 is 0 Å². The average Bonchev–Trinajstić information content (AvgIpc) is 3.10. The molecule has 7 heteroatoms. The van der Waals surface area contributed by atoms with Gasteiger partial charge in [-0.15, -0.1) is 0 Å². The number of nitrogens with one attached hydrogen (secondary N) is 1. The highest BCUT2D eigenvalue weighted by Gasteiger charge is 2.15. The Morgan fingerprint density at radius 3 is 2.93 bits per heavy atom. The zero-order chi connectivity index (χ0) is 19.3. The lowest BCUT2D eigenvalue weighted by Gasteiger charge is -2.21. The van der Waals surface area contributed by atoms with Gasteiger partial charge in [0.1, 0.15) is 17.6 Å². The monoisotopic (exact) mass is 383 g/mol. The maximum absolute atomic E-state index is 12.6. The third kappa shape index (κ3) is 4.09. The summed E-state index contributed by atoms with van der Waals surface area (Å²) in [6.45, 7) is 1.10. The number of aromatic nitrogens is 2. The van der Waals surface area contributed by atoms with Crippen molar-refractivity contribution in [2.75, 3.05) is 13.2 Å². The van der Waals surface area contributed by atoms with Crippen LogP contribution in [0.1, 0.15) is 38.5 Å². The van der Waals surface area contributed by atoms with E-state index in [1.807, 2.05) is 18.2 Å². The van der Waals surface area contributed by atoms with Crippen LogP contribution in [0, 0.1) is 0 Å². The number of carbonyl (C=O) groups excluding carboxylic acids is 1. The average molecular weight is 383 g/mol. The summed E-state index contributed by atoms with van der Waals surface area (Å²) in [5.41, 5.74) is 0.966. The number of furan rings is 1. The number of para-hydroxylation sites is 1. The van der Waals surface area contributed by atoms with Gasteiger partial charge < -0.3 is 14.5 Å². The largest absolute Gasteiger partial charge is 0.448 e. The predicted molar refractivity (Wildman–Crippen MR) is 106 cm³/mol. The lowest BCUT2D eigenvalue weighted by atomic mass is 9.98. The molecule has 0 spiro atoms. The number of rotatable bonds is 7. The maximum Gasteiger partial charge on any atom is 0.297 e. The van der Waals surface area contributed by atoms with E-state index < -0.39 is 0 Å². The van der Waals surface area contributed by atoms with Crippen LogP contribution in [0.3, 0.4) is 0 Å². The van der Waals surface area contributed by atoms with Gasteiger partial charge in [-0.05, 0) is 31.4 Å². The molecule has 1 aromatic carbocycles. The Morgan fingerprint density at radius 1 is 1.25 bits per heavy atom. The second-order valence-corrected chi connectivity index (χ2v) is 7.29. The van der Waals surface area contributed by atoms with E-state index in [4.69, 9.17) is 9.15 Å². The summed E-state index contributed by atoms with van der Waals surface area (Å²) in [6.07, 6.45) is 8.64. The van der Waals surface area contributed by atoms with Gasteiger partial charge in [0.15, 0.2) is 0 Å². The highest BCUT2D eigenvalue weighted by Crippen LogP contribution is 2.24. The van der Waals surface area contributed by atoms with Crippen LogP contribution in [-0.2, 0) is 16.1 Å². The summed E-state index contributed by atoms with van der Waals surface area (Å²) < 4.78 is 12.8. The van der Waals surface area contributed by atoms with Gasteiger partial charge in [0.05, 0.1) is 12.4 Å². The SMILES string of the molecule is O=C(Cn1cnc2c(oc3ccccc32)c1=O)NCCCOC1CCCCC1. The Labute approximate surface area is 162 Å². The normalized spacial score (nSPS) is 15.3. The number of fused-ring (bicyclic) bond motifs is 3. The summed E-state index contributed by atoms with van der Waals surface area (Å²) in [4.78, 5) is 29.1. The third-order valence-corrected chi connectivity index (χ3v) is 5.21. The first kappa shape index (κ1) is 18.7. The topological polar surface area (TPSA) is 86.4 Å². The number of hydrogen-bond acceptors (Lipinski definition) is 5. The first-order valence-electron chi connectivity index (χ1n) is 9.97. The van der Waals surface area contributed by atoms with Crippen molar-refractivity contribution in [3.8, 4) is 0 Å². The molecule has 7 nitrogen and oxygen atoms in total. The van der Waals surface area contributed by atoms with Gasteiger partial charge in [-0.2, -0.15) is 0 Å². The van der Waals surface area contributed by atoms with Crippen LogP contribution in [0.15, 0.2) is 39.8 Å². The smallest absolute Gasteiger partial charge is 0.297 e. The number of nitrogens with zero attached hydrogens (tertiary/aromatic N) is 2. The molecule has 0 aliphatic heterocycles. The minimum atomic E-state index is -0.350. The molecule has 0 unspecified atom stereocenters. The summed E-state index contributed by atoms with van der Waals surface area (Å²) in [5, 5.41) is 3.63. The van der Waals surface area contributed by atoms with Gasteiger partial charge in [-0.3, -0.25) is 14.2 Å². The molecule has 1 aliphatic rings. The zero-order valence-corrected chi connectivity index (χ0v) is 15.9. The van der Waals surface area contributed by atoms with Gasteiger partial charge in [0.2, 0.25) is 11.5 Å². The molecule has 0 radical (unpaired) electrons. The predicted octanol–water partition coefficient (Wildman–Crippen LogP) is 3.00. The Morgan fingerprint density at radius 2 is 2.07 bits per heavy atom. The van der Waals surface area contributed by atoms with E-state index in [1.165, 1.54) is 30.2 Å². The molecule has 148 valence electrons. The van der Waals surface area contributed by atoms with Crippen LogP contribution in [-0.4, -0.2) is 34.7 Å². The Bertz CT molecular complexity index is 1020. The summed E-state index contributed by atoms with van der Waals surface area (Å²) in [5.74, 6) is -0.225. The van der Waals surface area contributed by atoms with E-state index in [0.29, 0.717) is 30.4 Å². The van der Waals surface area contributed by atoms with Gasteiger partial charge in [0.25, 0.3) is 5.56 Å². The van der Waals surface area contributed by atoms with Crippen LogP contribution in [0.25, 0.3) is 22.1 Å². The molecule has 0 saturated heterocycles. The first-order valence-corrected chi connectivity index (χ1v) is 9.97. The van der Waals surface area contributed by atoms with Crippen LogP contribution in [0.5, 0.6) is 0 Å². The van der Waals surface area contributed by atoms with Crippen LogP contribution >= 0.6 is 0 Å². The van der Waals surface area contributed by atoms with Crippen LogP contribution in [0.2, 0.25) is 0 Å². The van der Waals surface area contributed by atoms with Crippen molar-refractivity contribution in [3.05, 3.63) is 40.9 Å². The third-order valence-electron chi connectivity index (χ3n) is 5.21. The van der Waals surface area contributed by atoms with E-state index in [1.54, 1.807) is 6.07 Å². The molecular formula is C21H25N3O4. The molecule has 3 aromatic rings. The van der Waals surface area contributed by atoms with E-state index in [-0.39, 0.29) is 23.6 Å². The van der Waals surface area contributed by atoms with Gasteiger partial charge in [-0.1, -0.05) is 31.4 Å². The molecule has 1 fully saturated rings. The number of ether oxygens (including phenoxy) is 1. The standard InChI is InChI=1S/C21H25N3O4/c25-18(22-11-6-12-27-15-7-2-1-3-8-15)13-24-14-23-19-16-9-4-5-10-17(16)28-20(19)21(24)26/h4-5,9-10,14-15H,1-3,6-8,11-13H2,(H,22,25). The van der Waals surface area contributed by atoms with Gasteiger partial charge in [0, 0.05) is 18.5 Å². The first-order chi connectivity index (χ1) is 13.7. The van der Waals surface area contributed by atoms with Gasteiger partial charge in [-0.25, -0.2) is 4.98 Å². The summed E-state index contributed by atoms with van der Waals surface area (Å²) in [7, 11) is 0. The second kappa shape index (κ2) is 8.56. The number of carbonyl (C=O) groups is 1. The molecule has 1 amide bonds. The Hall–Kier alpha value is -2.67. The van der Waals surface area contributed by atoms with Crippen molar-refractivity contribution >= 4 is 28.0 Å². The molecule has 4 rings (SSSR count). The van der Waals surface area contributed by atoms with Crippen molar-refractivity contribution in [1.29, 1.82) is 0 Å². The molecule has 1 aliphatic carbocycles. The molecule has 0 atom stereocenters. The molecule has 2 aromatic heterocycles. The fourth-order valence-corrected chi connectivity index (χ4v) is 3.72. The molecule has 1 saturated carbocycles. The Balaban J connectivity index is 1.30. The van der Waals surface area contributed by atoms with Crippen LogP contribution in [0.4, 0.5) is 0 Å². The quantitative estimate of drug-likeness (QED) is 0.634. The van der Waals surface area contributed by atoms with E-state index >= 15 is 0 Å². The Kier molecular flexibility index (Phi) is 5.71. The fourth-order valence-electron chi connectivity index (χ4n) is 3.72. The van der Waals surface area contributed by atoms with Crippen molar-refractivity contribution < 1.29 is 13.9 Å². The van der Waals surface area contributed by atoms with E-state index in [0.717, 1.165) is 24.6 Å². The lowest BCUT2D eigenvalue weighted by molar-refractivity contribution is -0.121. The molecule has 2 heterocycles. The summed E-state index contributed by atoms with van der Waals surface area (Å²) in [6, 6.07) is 7.37. The highest BCUT2D eigenvalue weighted by molar-refractivity contribution is 6.01. The molecule has 28 heavy (non-hydrogen) atoms. The van der Waals surface area contributed by atoms with E-state index in [2.05, 4.69) is 10.3 Å². The minimum Gasteiger partial charge on any atom is -0.448 e. The van der Waals surface area contributed by atoms with Crippen molar-refractivity contribution in [2.45, 2.75) is 51.2 Å². The molecule has 1 N–H and O–H groups in total. The minimum absolute atomic E-state index is 0.0811. The lowest BCUT2D eigenvalue weighted by Crippen LogP contribution is -2.33. The summed E-state index contributed by atoms with van der Waals surface area (Å²) >= 11 is 0. The maximum atomic E-state index is 12.6. The van der Waals surface area contributed by atoms with Crippen molar-refractivity contribution in [2.24, 2.45) is 0 Å². The van der Waals surface area contributed by atoms with Crippen molar-refractivity contribution in [1.82, 2.24) is 14.9 Å². The van der Waals surface area contributed by atoms with Crippen molar-refractivity contribution in [3.63, 3.8) is 0 Å². The highest BCUT2D eigenvalue weighted by atomic mass is 16.5. The fraction of sp³-hybridized carbons (Fsp3) is 0.476. The zero-order valence-electron chi connectivity index (χ0n) is 15.9. The number of amides is 1. The number of hydrogen-bond donors (Lipinski definition) is 1. The number of benzene rings is 1. The molecular weight excluding hydrogens is 358 g/mol. The second-order valence-electron chi connectivity index (χ2n) is 7.29. The van der Waals surface area contributed by atoms with Crippen LogP contribution < -0.4 is 10.9 Å².